The van der Waals surface area contributed by atoms with Crippen molar-refractivity contribution < 1.29 is 13.2 Å². The highest BCUT2D eigenvalue weighted by Crippen LogP contribution is 2.31. The first-order valence-electron chi connectivity index (χ1n) is 6.13. The van der Waals surface area contributed by atoms with E-state index in [1.54, 1.807) is 30.6 Å². The smallest absolute Gasteiger partial charge is 0.376 e. The van der Waals surface area contributed by atoms with E-state index in [0.717, 1.165) is 20.8 Å². The fourth-order valence-corrected chi connectivity index (χ4v) is 2.84. The van der Waals surface area contributed by atoms with Crippen LogP contribution in [-0.2, 0) is 0 Å². The van der Waals surface area contributed by atoms with Gasteiger partial charge in [-0.2, -0.15) is 13.2 Å². The van der Waals surface area contributed by atoms with Crippen LogP contribution in [0.4, 0.5) is 18.9 Å². The Morgan fingerprint density at radius 2 is 2.05 bits per heavy atom. The summed E-state index contributed by atoms with van der Waals surface area (Å²) in [7, 11) is 0. The van der Waals surface area contributed by atoms with Crippen LogP contribution in [0.3, 0.4) is 0 Å². The Bertz CT molecular complexity index is 753. The maximum absolute atomic E-state index is 12.2. The van der Waals surface area contributed by atoms with Gasteiger partial charge in [-0.25, -0.2) is 4.98 Å². The Labute approximate surface area is 122 Å². The second kappa shape index (κ2) is 5.33. The largest absolute Gasteiger partial charge is 0.405 e. The van der Waals surface area contributed by atoms with Gasteiger partial charge < -0.3 is 5.32 Å². The molecule has 0 radical (unpaired) electrons. The van der Waals surface area contributed by atoms with Gasteiger partial charge in [0, 0.05) is 23.6 Å². The predicted octanol–water partition coefficient (Wildman–Crippen LogP) is 4.33. The predicted molar refractivity (Wildman–Crippen MR) is 77.4 cm³/mol. The fraction of sp³-hybridized carbons (Fsp3) is 0.143. The van der Waals surface area contributed by atoms with Gasteiger partial charge in [-0.15, -0.1) is 11.3 Å². The van der Waals surface area contributed by atoms with Crippen LogP contribution >= 0.6 is 11.3 Å². The molecule has 0 amide bonds. The van der Waals surface area contributed by atoms with Crippen LogP contribution in [0.1, 0.15) is 0 Å². The minimum atomic E-state index is -4.23. The number of benzene rings is 1. The van der Waals surface area contributed by atoms with Gasteiger partial charge in [-0.05, 0) is 30.3 Å². The van der Waals surface area contributed by atoms with Crippen molar-refractivity contribution >= 4 is 27.2 Å². The number of nitrogens with one attached hydrogen (secondary N) is 1. The van der Waals surface area contributed by atoms with E-state index in [9.17, 15) is 13.2 Å². The first kappa shape index (κ1) is 13.8. The molecule has 1 aromatic carbocycles. The van der Waals surface area contributed by atoms with E-state index in [1.165, 1.54) is 11.3 Å². The molecule has 2 aromatic heterocycles. The average molecular weight is 309 g/mol. The number of alkyl halides is 3. The van der Waals surface area contributed by atoms with E-state index in [1.807, 2.05) is 12.1 Å². The molecule has 108 valence electrons. The number of hydrogen-bond donors (Lipinski definition) is 1. The van der Waals surface area contributed by atoms with Gasteiger partial charge in [-0.3, -0.25) is 4.98 Å². The van der Waals surface area contributed by atoms with E-state index >= 15 is 0 Å². The average Bonchev–Trinajstić information content (AvgIpc) is 2.88. The molecule has 0 saturated heterocycles. The standard InChI is InChI=1S/C14H10F3N3S/c15-14(16,17)8-19-10-3-4-11-12(6-10)21-13(20-11)9-2-1-5-18-7-9/h1-7,19H,8H2. The molecular formula is C14H10F3N3S. The molecular weight excluding hydrogens is 299 g/mol. The van der Waals surface area contributed by atoms with Crippen molar-refractivity contribution in [3.05, 3.63) is 42.7 Å². The first-order valence-corrected chi connectivity index (χ1v) is 6.94. The highest BCUT2D eigenvalue weighted by atomic mass is 32.1. The number of fused-ring (bicyclic) bond motifs is 1. The van der Waals surface area contributed by atoms with E-state index in [2.05, 4.69) is 15.3 Å². The highest BCUT2D eigenvalue weighted by Gasteiger charge is 2.26. The van der Waals surface area contributed by atoms with Crippen molar-refractivity contribution in [2.24, 2.45) is 0 Å². The molecule has 0 saturated carbocycles. The molecule has 1 N–H and O–H groups in total. The van der Waals surface area contributed by atoms with Crippen LogP contribution in [0.2, 0.25) is 0 Å². The van der Waals surface area contributed by atoms with Crippen molar-refractivity contribution in [1.29, 1.82) is 0 Å². The van der Waals surface area contributed by atoms with Crippen LogP contribution in [0.15, 0.2) is 42.7 Å². The Kier molecular flexibility index (Phi) is 3.50. The lowest BCUT2D eigenvalue weighted by Gasteiger charge is -2.08. The molecule has 0 unspecified atom stereocenters. The lowest BCUT2D eigenvalue weighted by Crippen LogP contribution is -2.21. The molecule has 2 heterocycles. The van der Waals surface area contributed by atoms with Crippen molar-refractivity contribution in [3.8, 4) is 10.6 Å². The van der Waals surface area contributed by atoms with E-state index in [0.29, 0.717) is 5.69 Å². The highest BCUT2D eigenvalue weighted by molar-refractivity contribution is 7.21. The van der Waals surface area contributed by atoms with Crippen molar-refractivity contribution in [2.75, 3.05) is 11.9 Å². The molecule has 0 atom stereocenters. The van der Waals surface area contributed by atoms with Crippen molar-refractivity contribution in [3.63, 3.8) is 0 Å². The van der Waals surface area contributed by atoms with E-state index < -0.39 is 12.7 Å². The molecule has 0 bridgehead atoms. The van der Waals surface area contributed by atoms with E-state index in [4.69, 9.17) is 0 Å². The lowest BCUT2D eigenvalue weighted by atomic mass is 10.3. The normalized spacial score (nSPS) is 11.8. The van der Waals surface area contributed by atoms with Crippen LogP contribution in [-0.4, -0.2) is 22.7 Å². The number of aromatic nitrogens is 2. The number of halogens is 3. The van der Waals surface area contributed by atoms with Crippen LogP contribution in [0.25, 0.3) is 20.8 Å². The molecule has 21 heavy (non-hydrogen) atoms. The van der Waals surface area contributed by atoms with Gasteiger partial charge in [0.1, 0.15) is 11.6 Å². The zero-order chi connectivity index (χ0) is 14.9. The molecule has 0 fully saturated rings. The molecule has 0 spiro atoms. The van der Waals surface area contributed by atoms with Crippen molar-refractivity contribution in [1.82, 2.24) is 9.97 Å². The monoisotopic (exact) mass is 309 g/mol. The zero-order valence-corrected chi connectivity index (χ0v) is 11.5. The van der Waals surface area contributed by atoms with Gasteiger partial charge >= 0.3 is 6.18 Å². The molecule has 3 nitrogen and oxygen atoms in total. The Morgan fingerprint density at radius 1 is 1.19 bits per heavy atom. The Morgan fingerprint density at radius 3 is 2.76 bits per heavy atom. The van der Waals surface area contributed by atoms with Gasteiger partial charge in [0.15, 0.2) is 0 Å². The molecule has 0 aliphatic rings. The van der Waals surface area contributed by atoms with Crippen LogP contribution in [0, 0.1) is 0 Å². The topological polar surface area (TPSA) is 37.8 Å². The summed E-state index contributed by atoms with van der Waals surface area (Å²) in [6.07, 6.45) is -0.847. The number of hydrogen-bond acceptors (Lipinski definition) is 4. The number of nitrogens with zero attached hydrogens (tertiary/aromatic N) is 2. The minimum absolute atomic E-state index is 0.432. The Hall–Kier alpha value is -2.15. The second-order valence-corrected chi connectivity index (χ2v) is 5.44. The third-order valence-corrected chi connectivity index (χ3v) is 3.86. The van der Waals surface area contributed by atoms with Crippen molar-refractivity contribution in [2.45, 2.75) is 6.18 Å². The van der Waals surface area contributed by atoms with Gasteiger partial charge in [0.25, 0.3) is 0 Å². The third-order valence-electron chi connectivity index (χ3n) is 2.79. The first-order chi connectivity index (χ1) is 10.0. The second-order valence-electron chi connectivity index (χ2n) is 4.41. The molecule has 3 aromatic rings. The van der Waals surface area contributed by atoms with Crippen LogP contribution < -0.4 is 5.32 Å². The Balaban J connectivity index is 1.89. The summed E-state index contributed by atoms with van der Waals surface area (Å²) in [5, 5.41) is 3.16. The summed E-state index contributed by atoms with van der Waals surface area (Å²) in [6, 6.07) is 8.70. The summed E-state index contributed by atoms with van der Waals surface area (Å²) in [4.78, 5) is 8.50. The summed E-state index contributed by atoms with van der Waals surface area (Å²) >= 11 is 1.43. The number of thiazole rings is 1. The molecule has 7 heteroatoms. The zero-order valence-electron chi connectivity index (χ0n) is 10.7. The van der Waals surface area contributed by atoms with Gasteiger partial charge in [0.2, 0.25) is 0 Å². The lowest BCUT2D eigenvalue weighted by molar-refractivity contribution is -0.115. The quantitative estimate of drug-likeness (QED) is 0.782. The summed E-state index contributed by atoms with van der Waals surface area (Å²) in [6.45, 7) is -1.05. The summed E-state index contributed by atoms with van der Waals surface area (Å²) in [5.41, 5.74) is 2.08. The van der Waals surface area contributed by atoms with Gasteiger partial charge in [0.05, 0.1) is 10.2 Å². The van der Waals surface area contributed by atoms with Crippen LogP contribution in [0.5, 0.6) is 0 Å². The molecule has 0 aliphatic heterocycles. The fourth-order valence-electron chi connectivity index (χ4n) is 1.85. The minimum Gasteiger partial charge on any atom is -0.376 e. The van der Waals surface area contributed by atoms with E-state index in [-0.39, 0.29) is 0 Å². The maximum Gasteiger partial charge on any atom is 0.405 e. The summed E-state index contributed by atoms with van der Waals surface area (Å²) in [5.74, 6) is 0. The number of pyridine rings is 1. The maximum atomic E-state index is 12.2. The molecule has 3 rings (SSSR count). The number of anilines is 1. The molecule has 0 aliphatic carbocycles. The summed E-state index contributed by atoms with van der Waals surface area (Å²) < 4.78 is 37.4. The third kappa shape index (κ3) is 3.30. The SMILES string of the molecule is FC(F)(F)CNc1ccc2nc(-c3cccnc3)sc2c1. The number of rotatable bonds is 3. The van der Waals surface area contributed by atoms with Gasteiger partial charge in [-0.1, -0.05) is 0 Å².